The number of anilines is 2. The van der Waals surface area contributed by atoms with Gasteiger partial charge in [0.15, 0.2) is 47.4 Å². The fourth-order valence-electron chi connectivity index (χ4n) is 5.23. The number of hydrogen-bond acceptors (Lipinski definition) is 16. The van der Waals surface area contributed by atoms with Crippen LogP contribution in [0.2, 0.25) is 0 Å². The molecule has 0 saturated carbocycles. The lowest BCUT2D eigenvalue weighted by Gasteiger charge is -2.27. The first-order chi connectivity index (χ1) is 21.3. The van der Waals surface area contributed by atoms with Crippen LogP contribution in [0.5, 0.6) is 0 Å². The number of alkyl halides is 2. The minimum atomic E-state index is -4.45. The summed E-state index contributed by atoms with van der Waals surface area (Å²) in [5, 5.41) is 0. The molecule has 3 aliphatic rings. The van der Waals surface area contributed by atoms with Crippen molar-refractivity contribution in [2.24, 2.45) is 0 Å². The highest BCUT2D eigenvalue weighted by molar-refractivity contribution is 8.44. The van der Waals surface area contributed by atoms with Crippen LogP contribution in [0, 0.1) is 0 Å². The Balaban J connectivity index is 1.21. The second-order valence-electron chi connectivity index (χ2n) is 10.0. The quantitative estimate of drug-likeness (QED) is 0.142. The Morgan fingerprint density at radius 1 is 0.956 bits per heavy atom. The van der Waals surface area contributed by atoms with Gasteiger partial charge < -0.3 is 30.4 Å². The van der Waals surface area contributed by atoms with E-state index >= 15 is 8.78 Å². The van der Waals surface area contributed by atoms with Crippen molar-refractivity contribution in [3.63, 3.8) is 0 Å². The van der Waals surface area contributed by atoms with Gasteiger partial charge in [-0.25, -0.2) is 33.3 Å². The van der Waals surface area contributed by atoms with Gasteiger partial charge in [0.2, 0.25) is 5.95 Å². The van der Waals surface area contributed by atoms with Crippen molar-refractivity contribution in [1.29, 1.82) is 0 Å². The number of aromatic amines is 1. The van der Waals surface area contributed by atoms with Crippen LogP contribution in [0.25, 0.3) is 22.3 Å². The van der Waals surface area contributed by atoms with Crippen LogP contribution < -0.4 is 17.0 Å². The summed E-state index contributed by atoms with van der Waals surface area (Å²) in [7, 11) is 0. The first kappa shape index (κ1) is 30.9. The highest BCUT2D eigenvalue weighted by atomic mass is 32.7. The molecule has 7 heterocycles. The van der Waals surface area contributed by atoms with Crippen LogP contribution in [0.1, 0.15) is 12.5 Å². The maximum Gasteiger partial charge on any atom is 0.386 e. The third-order valence-corrected chi connectivity index (χ3v) is 10.4. The monoisotopic (exact) mass is 710 g/mol. The lowest BCUT2D eigenvalue weighted by atomic mass is 10.1. The number of ether oxygens (including phenoxy) is 2. The van der Waals surface area contributed by atoms with Crippen molar-refractivity contribution in [2.45, 2.75) is 49.2 Å². The molecular weight excluding hydrogens is 688 g/mol. The maximum absolute atomic E-state index is 16.0. The Morgan fingerprint density at radius 3 is 2.42 bits per heavy atom. The second-order valence-corrected chi connectivity index (χ2v) is 15.7. The summed E-state index contributed by atoms with van der Waals surface area (Å²) in [4.78, 5) is 45.6. The van der Waals surface area contributed by atoms with Gasteiger partial charge in [-0.15, -0.1) is 0 Å². The molecule has 3 unspecified atom stereocenters. The molecule has 0 amide bonds. The van der Waals surface area contributed by atoms with Crippen molar-refractivity contribution in [2.75, 3.05) is 24.7 Å². The Labute approximate surface area is 259 Å². The molecule has 7 rings (SSSR count). The van der Waals surface area contributed by atoms with Crippen LogP contribution in [-0.2, 0) is 43.9 Å². The number of fused-ring (bicyclic) bond motifs is 5. The number of nitrogens with one attached hydrogen (secondary N) is 1. The second kappa shape index (κ2) is 11.2. The van der Waals surface area contributed by atoms with E-state index in [4.69, 9.17) is 50.8 Å². The fraction of sp³-hybridized carbons (Fsp3) is 0.500. The van der Waals surface area contributed by atoms with E-state index in [1.165, 1.54) is 10.9 Å². The van der Waals surface area contributed by atoms with E-state index in [1.807, 2.05) is 0 Å². The number of hydrogen-bond donors (Lipinski definition) is 5. The highest BCUT2D eigenvalue weighted by Gasteiger charge is 2.54. The molecule has 0 radical (unpaired) electrons. The Hall–Kier alpha value is -2.69. The van der Waals surface area contributed by atoms with E-state index in [-0.39, 0.29) is 34.1 Å². The van der Waals surface area contributed by atoms with Gasteiger partial charge in [-0.05, 0) is 11.8 Å². The standard InChI is InChI=1S/C20H22F2N10O9P2S2/c21-8-6-1-36-42(34,44)40-12-7(39-18(9(12)22)31-4-27-10-14(23)25-3-26-15(10)31)2-37-43(35,45)41-13(8)19(38-6)32-5-28-11-16(32)29-20(24)30-17(11)33/h3-9,12-13,18-19H,1-2H2,(H,34,44)(H,35,45)(H2,23,25,26)(H3,24,29,30,33)/t6-,7-,8?,9+,12-,13-,18-,19-,42?,43?/m1/s1. The van der Waals surface area contributed by atoms with Crippen LogP contribution >= 0.6 is 25.8 Å². The first-order valence-electron chi connectivity index (χ1n) is 12.9. The molecule has 0 spiro atoms. The summed E-state index contributed by atoms with van der Waals surface area (Å²) in [6.07, 6.45) is -9.83. The van der Waals surface area contributed by atoms with Gasteiger partial charge in [-0.2, -0.15) is 4.98 Å². The van der Waals surface area contributed by atoms with Crippen molar-refractivity contribution in [3.8, 4) is 0 Å². The SMILES string of the molecule is Nc1nc2c(ncn2[C@@H]2O[C@@H]3COP(=O)(S)O[C@H]4[C@H](F)[C@H](n5cnc6c(N)ncnc65)O[C@@H]4COP(O)(=S)O[C@@H]2C3F)c(=O)[nH]1. The van der Waals surface area contributed by atoms with Gasteiger partial charge in [-0.1, -0.05) is 12.2 Å². The molecule has 3 fully saturated rings. The molecule has 0 aliphatic carbocycles. The molecule has 45 heavy (non-hydrogen) atoms. The molecule has 242 valence electrons. The van der Waals surface area contributed by atoms with E-state index in [2.05, 4.69) is 42.2 Å². The zero-order chi connectivity index (χ0) is 31.8. The number of rotatable bonds is 2. The lowest BCUT2D eigenvalue weighted by molar-refractivity contribution is -0.0584. The number of H-pyrrole nitrogens is 1. The average molecular weight is 711 g/mol. The number of nitrogen functional groups attached to an aromatic ring is 2. The molecule has 19 nitrogen and oxygen atoms in total. The maximum atomic E-state index is 16.0. The van der Waals surface area contributed by atoms with Crippen LogP contribution in [0.15, 0.2) is 23.8 Å². The molecular formula is C20H22F2N10O9P2S2. The Kier molecular flexibility index (Phi) is 7.72. The number of halogens is 2. The predicted molar refractivity (Wildman–Crippen MR) is 155 cm³/mol. The van der Waals surface area contributed by atoms with E-state index in [0.29, 0.717) is 0 Å². The molecule has 4 aromatic rings. The molecule has 4 aromatic heterocycles. The minimum Gasteiger partial charge on any atom is -0.382 e. The average Bonchev–Trinajstić information content (AvgIpc) is 3.72. The third-order valence-electron chi connectivity index (χ3n) is 7.23. The summed E-state index contributed by atoms with van der Waals surface area (Å²) in [5.41, 5.74) is 10.9. The summed E-state index contributed by atoms with van der Waals surface area (Å²) in [6, 6.07) is 0. The van der Waals surface area contributed by atoms with E-state index in [9.17, 15) is 14.3 Å². The minimum absolute atomic E-state index is 0.0386. The normalized spacial score (nSPS) is 37.7. The number of aromatic nitrogens is 8. The van der Waals surface area contributed by atoms with Gasteiger partial charge >= 0.3 is 13.5 Å². The lowest BCUT2D eigenvalue weighted by Crippen LogP contribution is -2.34. The zero-order valence-corrected chi connectivity index (χ0v) is 25.8. The van der Waals surface area contributed by atoms with E-state index in [0.717, 1.165) is 17.2 Å². The van der Waals surface area contributed by atoms with Crippen LogP contribution in [-0.4, -0.2) is 93.9 Å². The van der Waals surface area contributed by atoms with Crippen LogP contribution in [0.4, 0.5) is 20.5 Å². The summed E-state index contributed by atoms with van der Waals surface area (Å²) in [5.74, 6) is -0.223. The third kappa shape index (κ3) is 5.54. The van der Waals surface area contributed by atoms with Crippen molar-refractivity contribution in [1.82, 2.24) is 39.0 Å². The van der Waals surface area contributed by atoms with Gasteiger partial charge in [0.1, 0.15) is 36.3 Å². The van der Waals surface area contributed by atoms with Gasteiger partial charge in [0.05, 0.1) is 25.9 Å². The van der Waals surface area contributed by atoms with Gasteiger partial charge in [-0.3, -0.25) is 32.5 Å². The highest BCUT2D eigenvalue weighted by Crippen LogP contribution is 2.58. The summed E-state index contributed by atoms with van der Waals surface area (Å²) in [6.45, 7) is -10.2. The summed E-state index contributed by atoms with van der Waals surface area (Å²) < 4.78 is 81.0. The number of thiol groups is 1. The van der Waals surface area contributed by atoms with E-state index in [1.54, 1.807) is 0 Å². The molecule has 2 bridgehead atoms. The van der Waals surface area contributed by atoms with Crippen molar-refractivity contribution < 1.29 is 45.8 Å². The number of nitrogens with two attached hydrogens (primary N) is 2. The zero-order valence-electron chi connectivity index (χ0n) is 22.3. The Morgan fingerprint density at radius 2 is 1.64 bits per heavy atom. The van der Waals surface area contributed by atoms with E-state index < -0.39 is 81.5 Å². The van der Waals surface area contributed by atoms with Crippen molar-refractivity contribution >= 4 is 71.7 Å². The Bertz CT molecular complexity index is 1950. The number of imidazole rings is 2. The van der Waals surface area contributed by atoms with Gasteiger partial charge in [0.25, 0.3) is 5.56 Å². The first-order valence-corrected chi connectivity index (χ1v) is 18.2. The molecule has 3 saturated heterocycles. The topological polar surface area (TPSA) is 252 Å². The van der Waals surface area contributed by atoms with Crippen molar-refractivity contribution in [3.05, 3.63) is 29.3 Å². The fourth-order valence-corrected chi connectivity index (χ4v) is 8.12. The molecule has 0 aromatic carbocycles. The number of nitrogens with zero attached hydrogens (tertiary/aromatic N) is 7. The molecule has 10 atom stereocenters. The van der Waals surface area contributed by atoms with Crippen LogP contribution in [0.3, 0.4) is 0 Å². The predicted octanol–water partition coefficient (Wildman–Crippen LogP) is 0.667. The molecule has 25 heteroatoms. The molecule has 6 N–H and O–H groups in total. The largest absolute Gasteiger partial charge is 0.386 e. The van der Waals surface area contributed by atoms with Gasteiger partial charge in [0, 0.05) is 0 Å². The smallest absolute Gasteiger partial charge is 0.382 e. The summed E-state index contributed by atoms with van der Waals surface area (Å²) >= 11 is 9.12. The molecule has 3 aliphatic heterocycles.